The van der Waals surface area contributed by atoms with E-state index in [9.17, 15) is 5.21 Å². The first-order valence-corrected chi connectivity index (χ1v) is 4.72. The van der Waals surface area contributed by atoms with Gasteiger partial charge in [-0.15, -0.1) is 0 Å². The number of rotatable bonds is 1. The van der Waals surface area contributed by atoms with Crippen molar-refractivity contribution in [2.24, 2.45) is 0 Å². The molecule has 13 heavy (non-hydrogen) atoms. The summed E-state index contributed by atoms with van der Waals surface area (Å²) in [5.41, 5.74) is 0. The molecule has 4 heteroatoms. The van der Waals surface area contributed by atoms with Gasteiger partial charge in [-0.3, -0.25) is 4.68 Å². The number of hydrogen-bond donors (Lipinski definition) is 0. The lowest BCUT2D eigenvalue weighted by Crippen LogP contribution is -2.44. The number of nitrogens with zero attached hydrogens (tertiary/aromatic N) is 3. The Morgan fingerprint density at radius 2 is 2.15 bits per heavy atom. The highest BCUT2D eigenvalue weighted by atomic mass is 16.5. The Balaban J connectivity index is 1.99. The first kappa shape index (κ1) is 8.72. The van der Waals surface area contributed by atoms with Gasteiger partial charge in [-0.2, -0.15) is 5.10 Å². The van der Waals surface area contributed by atoms with Crippen LogP contribution < -0.4 is 0 Å². The highest BCUT2D eigenvalue weighted by Gasteiger charge is 2.24. The second-order valence-electron chi connectivity index (χ2n) is 3.96. The molecule has 0 spiro atoms. The topological polar surface area (TPSA) is 40.9 Å². The molecule has 0 radical (unpaired) electrons. The van der Waals surface area contributed by atoms with Crippen molar-refractivity contribution in [3.05, 3.63) is 23.7 Å². The molecule has 2 rings (SSSR count). The van der Waals surface area contributed by atoms with Gasteiger partial charge in [0.15, 0.2) is 0 Å². The number of quaternary nitrogens is 1. The van der Waals surface area contributed by atoms with Crippen LogP contribution in [0.25, 0.3) is 0 Å². The molecule has 2 heterocycles. The Kier molecular flexibility index (Phi) is 2.09. The Morgan fingerprint density at radius 1 is 1.46 bits per heavy atom. The number of hydroxylamine groups is 3. The second kappa shape index (κ2) is 3.12. The lowest BCUT2D eigenvalue weighted by atomic mass is 10.1. The minimum Gasteiger partial charge on any atom is -0.633 e. The largest absolute Gasteiger partial charge is 0.633 e. The third-order valence-corrected chi connectivity index (χ3v) is 2.77. The SMILES string of the molecule is C[N+]1([O-])CCC(n2cccn2)CC1. The summed E-state index contributed by atoms with van der Waals surface area (Å²) in [7, 11) is 1.75. The monoisotopic (exact) mass is 181 g/mol. The third-order valence-electron chi connectivity index (χ3n) is 2.77. The zero-order chi connectivity index (χ0) is 9.31. The predicted molar refractivity (Wildman–Crippen MR) is 49.8 cm³/mol. The number of piperidine rings is 1. The van der Waals surface area contributed by atoms with Gasteiger partial charge >= 0.3 is 0 Å². The van der Waals surface area contributed by atoms with Crippen molar-refractivity contribution in [2.75, 3.05) is 20.1 Å². The van der Waals surface area contributed by atoms with Crippen molar-refractivity contribution in [3.8, 4) is 0 Å². The molecule has 1 aliphatic rings. The van der Waals surface area contributed by atoms with Crippen molar-refractivity contribution in [3.63, 3.8) is 0 Å². The minimum absolute atomic E-state index is 0.0855. The van der Waals surface area contributed by atoms with Crippen LogP contribution in [0.1, 0.15) is 18.9 Å². The van der Waals surface area contributed by atoms with E-state index in [2.05, 4.69) is 5.10 Å². The molecule has 0 N–H and O–H groups in total. The summed E-state index contributed by atoms with van der Waals surface area (Å²) in [6, 6.07) is 2.37. The van der Waals surface area contributed by atoms with Crippen LogP contribution in [0, 0.1) is 5.21 Å². The van der Waals surface area contributed by atoms with Gasteiger partial charge in [0.05, 0.1) is 26.2 Å². The van der Waals surface area contributed by atoms with E-state index in [4.69, 9.17) is 0 Å². The Bertz CT molecular complexity index is 258. The summed E-state index contributed by atoms with van der Waals surface area (Å²) in [4.78, 5) is 0. The van der Waals surface area contributed by atoms with Crippen LogP contribution in [-0.2, 0) is 0 Å². The van der Waals surface area contributed by atoms with Crippen molar-refractivity contribution in [2.45, 2.75) is 18.9 Å². The molecule has 0 unspecified atom stereocenters. The van der Waals surface area contributed by atoms with Crippen molar-refractivity contribution in [1.29, 1.82) is 0 Å². The molecule has 1 aromatic rings. The fourth-order valence-corrected chi connectivity index (χ4v) is 1.86. The first-order chi connectivity index (χ1) is 6.17. The predicted octanol–water partition coefficient (Wildman–Crippen LogP) is 1.16. The van der Waals surface area contributed by atoms with Gasteiger partial charge in [0.2, 0.25) is 0 Å². The molecule has 1 aliphatic heterocycles. The maximum Gasteiger partial charge on any atom is 0.0802 e. The average Bonchev–Trinajstić information content (AvgIpc) is 2.56. The zero-order valence-electron chi connectivity index (χ0n) is 7.89. The van der Waals surface area contributed by atoms with Crippen LogP contribution in [0.2, 0.25) is 0 Å². The van der Waals surface area contributed by atoms with E-state index in [1.165, 1.54) is 0 Å². The van der Waals surface area contributed by atoms with Gasteiger partial charge < -0.3 is 9.85 Å². The van der Waals surface area contributed by atoms with Crippen molar-refractivity contribution >= 4 is 0 Å². The third kappa shape index (κ3) is 1.89. The normalized spacial score (nSPS) is 34.8. The molecule has 1 fully saturated rings. The van der Waals surface area contributed by atoms with E-state index in [0.717, 1.165) is 12.8 Å². The molecule has 0 amide bonds. The van der Waals surface area contributed by atoms with Crippen LogP contribution in [0.4, 0.5) is 0 Å². The van der Waals surface area contributed by atoms with E-state index >= 15 is 0 Å². The average molecular weight is 181 g/mol. The molecular formula is C9H15N3O. The molecule has 1 saturated heterocycles. The fraction of sp³-hybridized carbons (Fsp3) is 0.667. The molecule has 4 nitrogen and oxygen atoms in total. The van der Waals surface area contributed by atoms with E-state index in [0.29, 0.717) is 19.1 Å². The minimum atomic E-state index is -0.0855. The molecule has 0 saturated carbocycles. The fourth-order valence-electron chi connectivity index (χ4n) is 1.86. The molecule has 0 bridgehead atoms. The number of hydrogen-bond acceptors (Lipinski definition) is 2. The van der Waals surface area contributed by atoms with Gasteiger partial charge in [-0.05, 0) is 6.07 Å². The van der Waals surface area contributed by atoms with Crippen molar-refractivity contribution < 1.29 is 4.65 Å². The highest BCUT2D eigenvalue weighted by Crippen LogP contribution is 2.24. The molecule has 0 atom stereocenters. The van der Waals surface area contributed by atoms with Crippen LogP contribution in [0.15, 0.2) is 18.5 Å². The van der Waals surface area contributed by atoms with Gasteiger partial charge in [-0.25, -0.2) is 0 Å². The van der Waals surface area contributed by atoms with Crippen LogP contribution in [0.5, 0.6) is 0 Å². The van der Waals surface area contributed by atoms with Crippen LogP contribution in [-0.4, -0.2) is 34.6 Å². The second-order valence-corrected chi connectivity index (χ2v) is 3.96. The van der Waals surface area contributed by atoms with Gasteiger partial charge in [0.1, 0.15) is 0 Å². The van der Waals surface area contributed by atoms with E-state index in [1.54, 1.807) is 13.2 Å². The number of likely N-dealkylation sites (tertiary alicyclic amines) is 1. The smallest absolute Gasteiger partial charge is 0.0802 e. The maximum absolute atomic E-state index is 11.5. The molecular weight excluding hydrogens is 166 g/mol. The summed E-state index contributed by atoms with van der Waals surface area (Å²) < 4.78 is 1.89. The Labute approximate surface area is 77.9 Å². The molecule has 1 aromatic heterocycles. The van der Waals surface area contributed by atoms with Gasteiger partial charge in [-0.1, -0.05) is 0 Å². The quantitative estimate of drug-likeness (QED) is 0.482. The summed E-state index contributed by atoms with van der Waals surface area (Å²) in [6.07, 6.45) is 5.66. The lowest BCUT2D eigenvalue weighted by molar-refractivity contribution is -0.866. The first-order valence-electron chi connectivity index (χ1n) is 4.72. The van der Waals surface area contributed by atoms with Crippen molar-refractivity contribution in [1.82, 2.24) is 9.78 Å². The Hall–Kier alpha value is -0.870. The Morgan fingerprint density at radius 3 is 2.69 bits per heavy atom. The van der Waals surface area contributed by atoms with E-state index in [-0.39, 0.29) is 4.65 Å². The summed E-state index contributed by atoms with van der Waals surface area (Å²) in [5.74, 6) is 0. The summed E-state index contributed by atoms with van der Waals surface area (Å²) >= 11 is 0. The van der Waals surface area contributed by atoms with Crippen LogP contribution in [0.3, 0.4) is 0 Å². The number of aromatic nitrogens is 2. The highest BCUT2D eigenvalue weighted by molar-refractivity contribution is 4.82. The van der Waals surface area contributed by atoms with Gasteiger partial charge in [0, 0.05) is 25.2 Å². The molecule has 72 valence electrons. The molecule has 0 aromatic carbocycles. The molecule has 0 aliphatic carbocycles. The summed E-state index contributed by atoms with van der Waals surface area (Å²) in [5, 5.41) is 15.7. The standard InChI is InChI=1S/C9H15N3O/c1-12(13)7-3-9(4-8-12)11-6-2-5-10-11/h2,5-6,9H,3-4,7-8H2,1H3. The van der Waals surface area contributed by atoms with Gasteiger partial charge in [0.25, 0.3) is 0 Å². The van der Waals surface area contributed by atoms with E-state index < -0.39 is 0 Å². The summed E-state index contributed by atoms with van der Waals surface area (Å²) in [6.45, 7) is 1.43. The lowest BCUT2D eigenvalue weighted by Gasteiger charge is -2.43. The van der Waals surface area contributed by atoms with Crippen LogP contribution >= 0.6 is 0 Å². The maximum atomic E-state index is 11.5. The zero-order valence-corrected chi connectivity index (χ0v) is 7.89. The van der Waals surface area contributed by atoms with E-state index in [1.807, 2.05) is 16.9 Å².